The number of aromatic nitrogens is 1. The third-order valence-electron chi connectivity index (χ3n) is 1.53. The van der Waals surface area contributed by atoms with E-state index in [4.69, 9.17) is 9.84 Å². The first-order valence-electron chi connectivity index (χ1n) is 4.42. The number of carbonyl (C=O) groups excluding carboxylic acids is 1. The van der Waals surface area contributed by atoms with Gasteiger partial charge in [0.1, 0.15) is 5.01 Å². The number of esters is 1. The quantitative estimate of drug-likeness (QED) is 0.758. The Labute approximate surface area is 90.7 Å². The molecule has 0 aromatic carbocycles. The third-order valence-corrected chi connectivity index (χ3v) is 2.43. The van der Waals surface area contributed by atoms with E-state index in [0.717, 1.165) is 0 Å². The van der Waals surface area contributed by atoms with Crippen LogP contribution in [0, 0.1) is 0 Å². The topological polar surface area (TPSA) is 76.5 Å². The molecular formula is C9H11NO4S. The van der Waals surface area contributed by atoms with Gasteiger partial charge in [0.2, 0.25) is 0 Å². The summed E-state index contributed by atoms with van der Waals surface area (Å²) < 4.78 is 4.75. The van der Waals surface area contributed by atoms with E-state index in [-0.39, 0.29) is 18.8 Å². The van der Waals surface area contributed by atoms with Crippen molar-refractivity contribution < 1.29 is 19.4 Å². The van der Waals surface area contributed by atoms with Gasteiger partial charge in [0.15, 0.2) is 0 Å². The minimum Gasteiger partial charge on any atom is -0.481 e. The molecule has 0 atom stereocenters. The van der Waals surface area contributed by atoms with Gasteiger partial charge in [0.25, 0.3) is 0 Å². The Hall–Kier alpha value is -1.43. The van der Waals surface area contributed by atoms with Crippen LogP contribution in [0.15, 0.2) is 5.38 Å². The van der Waals surface area contributed by atoms with Gasteiger partial charge in [-0.3, -0.25) is 9.59 Å². The van der Waals surface area contributed by atoms with Gasteiger partial charge in [-0.2, -0.15) is 0 Å². The molecule has 0 aliphatic carbocycles. The second-order valence-electron chi connectivity index (χ2n) is 2.78. The highest BCUT2D eigenvalue weighted by atomic mass is 32.1. The normalized spacial score (nSPS) is 9.93. The molecule has 0 aliphatic heterocycles. The Morgan fingerprint density at radius 1 is 1.53 bits per heavy atom. The smallest absolute Gasteiger partial charge is 0.311 e. The summed E-state index contributed by atoms with van der Waals surface area (Å²) in [7, 11) is 0. The number of carboxylic acid groups (broad SMARTS) is 1. The summed E-state index contributed by atoms with van der Waals surface area (Å²) >= 11 is 1.24. The van der Waals surface area contributed by atoms with Gasteiger partial charge in [0, 0.05) is 5.38 Å². The molecule has 0 saturated heterocycles. The van der Waals surface area contributed by atoms with Crippen molar-refractivity contribution in [2.45, 2.75) is 19.8 Å². The molecule has 0 spiro atoms. The van der Waals surface area contributed by atoms with Gasteiger partial charge >= 0.3 is 11.9 Å². The highest BCUT2D eigenvalue weighted by Crippen LogP contribution is 2.11. The second kappa shape index (κ2) is 5.45. The minimum atomic E-state index is -0.924. The van der Waals surface area contributed by atoms with Crippen LogP contribution in [0.4, 0.5) is 0 Å². The van der Waals surface area contributed by atoms with Gasteiger partial charge in [-0.1, -0.05) is 0 Å². The molecule has 1 heterocycles. The zero-order chi connectivity index (χ0) is 11.3. The van der Waals surface area contributed by atoms with Crippen molar-refractivity contribution in [3.05, 3.63) is 16.1 Å². The number of carboxylic acids is 1. The monoisotopic (exact) mass is 229 g/mol. The van der Waals surface area contributed by atoms with Crippen LogP contribution in [0.2, 0.25) is 0 Å². The summed E-state index contributed by atoms with van der Waals surface area (Å²) in [5, 5.41) is 10.7. The lowest BCUT2D eigenvalue weighted by atomic mass is 10.3. The van der Waals surface area contributed by atoms with E-state index in [1.54, 1.807) is 12.3 Å². The van der Waals surface area contributed by atoms with Gasteiger partial charge in [-0.15, -0.1) is 11.3 Å². The minimum absolute atomic E-state index is 0.101. The van der Waals surface area contributed by atoms with Crippen molar-refractivity contribution in [3.8, 4) is 0 Å². The first-order chi connectivity index (χ1) is 7.11. The first-order valence-corrected chi connectivity index (χ1v) is 5.30. The second-order valence-corrected chi connectivity index (χ2v) is 3.73. The molecule has 1 rings (SSSR count). The zero-order valence-electron chi connectivity index (χ0n) is 8.23. The molecule has 1 aromatic rings. The Morgan fingerprint density at radius 2 is 2.27 bits per heavy atom. The van der Waals surface area contributed by atoms with E-state index < -0.39 is 5.97 Å². The molecule has 0 bridgehead atoms. The molecule has 0 saturated carbocycles. The highest BCUT2D eigenvalue weighted by molar-refractivity contribution is 7.09. The number of nitrogens with zero attached hydrogens (tertiary/aromatic N) is 1. The number of carbonyl (C=O) groups is 2. The van der Waals surface area contributed by atoms with Gasteiger partial charge in [-0.05, 0) is 6.92 Å². The summed E-state index contributed by atoms with van der Waals surface area (Å²) in [5.41, 5.74) is 0.565. The van der Waals surface area contributed by atoms with E-state index in [1.165, 1.54) is 11.3 Å². The predicted molar refractivity (Wildman–Crippen MR) is 53.8 cm³/mol. The van der Waals surface area contributed by atoms with Gasteiger partial charge in [-0.25, -0.2) is 4.98 Å². The van der Waals surface area contributed by atoms with Crippen LogP contribution in [0.5, 0.6) is 0 Å². The van der Waals surface area contributed by atoms with E-state index >= 15 is 0 Å². The molecular weight excluding hydrogens is 218 g/mol. The summed E-state index contributed by atoms with van der Waals surface area (Å²) in [6.07, 6.45) is -0.00253. The standard InChI is InChI=1S/C9H11NO4S/c1-2-14-9(13)3-6-5-15-7(10-6)4-8(11)12/h5H,2-4H2,1H3,(H,11,12). The third kappa shape index (κ3) is 4.07. The molecule has 1 N–H and O–H groups in total. The average molecular weight is 229 g/mol. The molecule has 82 valence electrons. The number of hydrogen-bond acceptors (Lipinski definition) is 5. The Bertz CT molecular complexity index is 361. The maximum Gasteiger partial charge on any atom is 0.311 e. The van der Waals surface area contributed by atoms with Crippen LogP contribution in [0.1, 0.15) is 17.6 Å². The highest BCUT2D eigenvalue weighted by Gasteiger charge is 2.10. The van der Waals surface area contributed by atoms with Gasteiger partial charge in [0.05, 0.1) is 25.1 Å². The van der Waals surface area contributed by atoms with Crippen LogP contribution in [0.25, 0.3) is 0 Å². The maximum atomic E-state index is 11.1. The maximum absolute atomic E-state index is 11.1. The number of hydrogen-bond donors (Lipinski definition) is 1. The summed E-state index contributed by atoms with van der Waals surface area (Å²) in [6.45, 7) is 2.07. The lowest BCUT2D eigenvalue weighted by Crippen LogP contribution is -2.08. The largest absolute Gasteiger partial charge is 0.481 e. The number of rotatable bonds is 5. The van der Waals surface area contributed by atoms with Crippen LogP contribution in [0.3, 0.4) is 0 Å². The number of aliphatic carboxylic acids is 1. The summed E-state index contributed by atoms with van der Waals surface area (Å²) in [6, 6.07) is 0. The SMILES string of the molecule is CCOC(=O)Cc1csc(CC(=O)O)n1. The van der Waals surface area contributed by atoms with E-state index in [9.17, 15) is 9.59 Å². The molecule has 0 aliphatic rings. The molecule has 15 heavy (non-hydrogen) atoms. The van der Waals surface area contributed by atoms with Crippen molar-refractivity contribution in [1.29, 1.82) is 0 Å². The average Bonchev–Trinajstić information content (AvgIpc) is 2.51. The van der Waals surface area contributed by atoms with Crippen LogP contribution >= 0.6 is 11.3 Å². The molecule has 1 aromatic heterocycles. The van der Waals surface area contributed by atoms with Crippen LogP contribution in [-0.4, -0.2) is 28.6 Å². The fraction of sp³-hybridized carbons (Fsp3) is 0.444. The fourth-order valence-corrected chi connectivity index (χ4v) is 1.79. The fourth-order valence-electron chi connectivity index (χ4n) is 1.00. The van der Waals surface area contributed by atoms with Crippen LogP contribution in [-0.2, 0) is 27.2 Å². The molecule has 0 unspecified atom stereocenters. The summed E-state index contributed by atoms with van der Waals surface area (Å²) in [5.74, 6) is -1.27. The summed E-state index contributed by atoms with van der Waals surface area (Å²) in [4.78, 5) is 25.5. The molecule has 0 radical (unpaired) electrons. The van der Waals surface area contributed by atoms with Crippen molar-refractivity contribution in [2.24, 2.45) is 0 Å². The van der Waals surface area contributed by atoms with Crippen molar-refractivity contribution in [3.63, 3.8) is 0 Å². The van der Waals surface area contributed by atoms with Crippen molar-refractivity contribution >= 4 is 23.3 Å². The van der Waals surface area contributed by atoms with Gasteiger partial charge < -0.3 is 9.84 Å². The number of thiazole rings is 1. The van der Waals surface area contributed by atoms with E-state index in [1.807, 2.05) is 0 Å². The van der Waals surface area contributed by atoms with Crippen LogP contribution < -0.4 is 0 Å². The Balaban J connectivity index is 2.52. The Kier molecular flexibility index (Phi) is 4.23. The van der Waals surface area contributed by atoms with Crippen molar-refractivity contribution in [1.82, 2.24) is 4.98 Å². The lowest BCUT2D eigenvalue weighted by molar-refractivity contribution is -0.142. The van der Waals surface area contributed by atoms with E-state index in [2.05, 4.69) is 4.98 Å². The van der Waals surface area contributed by atoms with E-state index in [0.29, 0.717) is 17.3 Å². The lowest BCUT2D eigenvalue weighted by Gasteiger charge is -1.97. The first kappa shape index (κ1) is 11.6. The Morgan fingerprint density at radius 3 is 2.87 bits per heavy atom. The molecule has 0 amide bonds. The zero-order valence-corrected chi connectivity index (χ0v) is 9.04. The molecule has 0 fully saturated rings. The number of ether oxygens (including phenoxy) is 1. The molecule has 5 nitrogen and oxygen atoms in total. The molecule has 6 heteroatoms. The predicted octanol–water partition coefficient (Wildman–Crippen LogP) is 0.876. The van der Waals surface area contributed by atoms with Crippen molar-refractivity contribution in [2.75, 3.05) is 6.61 Å².